The predicted octanol–water partition coefficient (Wildman–Crippen LogP) is 3.57. The second-order valence-corrected chi connectivity index (χ2v) is 5.31. The number of nitrogens with zero attached hydrogens (tertiary/aromatic N) is 1. The number of ether oxygens (including phenoxy) is 1. The SMILES string of the molecule is O=C(CCOc1ccccc1F)N1CCCc2ccccc21. The highest BCUT2D eigenvalue weighted by atomic mass is 19.1. The molecule has 1 heterocycles. The number of aryl methyl sites for hydroxylation is 1. The fourth-order valence-corrected chi connectivity index (χ4v) is 2.74. The van der Waals surface area contributed by atoms with Gasteiger partial charge in [0.15, 0.2) is 11.6 Å². The third kappa shape index (κ3) is 3.11. The van der Waals surface area contributed by atoms with Crippen LogP contribution in [0.3, 0.4) is 0 Å². The van der Waals surface area contributed by atoms with Gasteiger partial charge in [-0.25, -0.2) is 4.39 Å². The summed E-state index contributed by atoms with van der Waals surface area (Å²) in [5, 5.41) is 0. The molecule has 0 saturated carbocycles. The van der Waals surface area contributed by atoms with Crippen molar-refractivity contribution in [3.63, 3.8) is 0 Å². The molecule has 0 N–H and O–H groups in total. The number of para-hydroxylation sites is 2. The van der Waals surface area contributed by atoms with E-state index in [1.807, 2.05) is 23.1 Å². The Kier molecular flexibility index (Phi) is 4.37. The Morgan fingerprint density at radius 3 is 2.77 bits per heavy atom. The van der Waals surface area contributed by atoms with Crippen LogP contribution in [-0.2, 0) is 11.2 Å². The Balaban J connectivity index is 1.60. The average Bonchev–Trinajstić information content (AvgIpc) is 2.56. The molecule has 4 heteroatoms. The highest BCUT2D eigenvalue weighted by Gasteiger charge is 2.21. The van der Waals surface area contributed by atoms with Gasteiger partial charge in [-0.3, -0.25) is 4.79 Å². The van der Waals surface area contributed by atoms with E-state index in [4.69, 9.17) is 4.74 Å². The smallest absolute Gasteiger partial charge is 0.230 e. The third-order valence-electron chi connectivity index (χ3n) is 3.82. The van der Waals surface area contributed by atoms with Crippen LogP contribution in [0.2, 0.25) is 0 Å². The topological polar surface area (TPSA) is 29.5 Å². The summed E-state index contributed by atoms with van der Waals surface area (Å²) in [7, 11) is 0. The highest BCUT2D eigenvalue weighted by Crippen LogP contribution is 2.27. The molecule has 2 aromatic rings. The lowest BCUT2D eigenvalue weighted by Crippen LogP contribution is -2.36. The normalized spacial score (nSPS) is 13.6. The van der Waals surface area contributed by atoms with Crippen molar-refractivity contribution in [2.45, 2.75) is 19.3 Å². The second kappa shape index (κ2) is 6.60. The van der Waals surface area contributed by atoms with Gasteiger partial charge in [-0.05, 0) is 36.6 Å². The van der Waals surface area contributed by atoms with E-state index >= 15 is 0 Å². The molecule has 0 bridgehead atoms. The first-order valence-corrected chi connectivity index (χ1v) is 7.51. The van der Waals surface area contributed by atoms with Gasteiger partial charge >= 0.3 is 0 Å². The van der Waals surface area contributed by atoms with Gasteiger partial charge in [0.2, 0.25) is 5.91 Å². The minimum Gasteiger partial charge on any atom is -0.490 e. The molecular formula is C18H18FNO2. The minimum atomic E-state index is -0.404. The quantitative estimate of drug-likeness (QED) is 0.863. The summed E-state index contributed by atoms with van der Waals surface area (Å²) >= 11 is 0. The van der Waals surface area contributed by atoms with Crippen LogP contribution >= 0.6 is 0 Å². The standard InChI is InChI=1S/C18H18FNO2/c19-15-8-2-4-10-17(15)22-13-11-18(21)20-12-5-7-14-6-1-3-9-16(14)20/h1-4,6,8-10H,5,7,11-13H2. The first kappa shape index (κ1) is 14.6. The van der Waals surface area contributed by atoms with Crippen LogP contribution in [0.25, 0.3) is 0 Å². The van der Waals surface area contributed by atoms with Crippen LogP contribution in [0.4, 0.5) is 10.1 Å². The molecule has 2 aromatic carbocycles. The van der Waals surface area contributed by atoms with Crippen LogP contribution in [0, 0.1) is 5.82 Å². The van der Waals surface area contributed by atoms with Crippen molar-refractivity contribution in [1.29, 1.82) is 0 Å². The van der Waals surface area contributed by atoms with Crippen molar-refractivity contribution in [2.24, 2.45) is 0 Å². The molecule has 0 unspecified atom stereocenters. The molecule has 0 atom stereocenters. The number of fused-ring (bicyclic) bond motifs is 1. The highest BCUT2D eigenvalue weighted by molar-refractivity contribution is 5.94. The fourth-order valence-electron chi connectivity index (χ4n) is 2.74. The Morgan fingerprint density at radius 2 is 1.91 bits per heavy atom. The van der Waals surface area contributed by atoms with Gasteiger partial charge in [0.25, 0.3) is 0 Å². The van der Waals surface area contributed by atoms with Crippen molar-refractivity contribution in [2.75, 3.05) is 18.1 Å². The van der Waals surface area contributed by atoms with Crippen molar-refractivity contribution in [3.05, 3.63) is 59.9 Å². The van der Waals surface area contributed by atoms with Crippen molar-refractivity contribution >= 4 is 11.6 Å². The summed E-state index contributed by atoms with van der Waals surface area (Å²) in [6.07, 6.45) is 2.21. The lowest BCUT2D eigenvalue weighted by atomic mass is 10.0. The average molecular weight is 299 g/mol. The largest absolute Gasteiger partial charge is 0.490 e. The summed E-state index contributed by atoms with van der Waals surface area (Å²) in [5.74, 6) is -0.198. The molecule has 0 saturated heterocycles. The number of amides is 1. The van der Waals surface area contributed by atoms with Crippen LogP contribution in [0.15, 0.2) is 48.5 Å². The molecule has 22 heavy (non-hydrogen) atoms. The molecule has 3 nitrogen and oxygen atoms in total. The predicted molar refractivity (Wildman–Crippen MR) is 83.6 cm³/mol. The summed E-state index contributed by atoms with van der Waals surface area (Å²) in [5.41, 5.74) is 2.20. The van der Waals surface area contributed by atoms with Crippen molar-refractivity contribution < 1.29 is 13.9 Å². The minimum absolute atomic E-state index is 0.0171. The molecule has 0 spiro atoms. The molecule has 0 fully saturated rings. The maximum atomic E-state index is 13.4. The molecule has 1 aliphatic heterocycles. The van der Waals surface area contributed by atoms with E-state index in [2.05, 4.69) is 6.07 Å². The van der Waals surface area contributed by atoms with Gasteiger partial charge < -0.3 is 9.64 Å². The first-order chi connectivity index (χ1) is 10.8. The van der Waals surface area contributed by atoms with Crippen LogP contribution in [-0.4, -0.2) is 19.1 Å². The van der Waals surface area contributed by atoms with Gasteiger partial charge in [0.1, 0.15) is 0 Å². The van der Waals surface area contributed by atoms with Gasteiger partial charge in [-0.1, -0.05) is 30.3 Å². The molecule has 114 valence electrons. The van der Waals surface area contributed by atoms with E-state index in [9.17, 15) is 9.18 Å². The number of carbonyl (C=O) groups is 1. The van der Waals surface area contributed by atoms with Crippen molar-refractivity contribution in [3.8, 4) is 5.75 Å². The van der Waals surface area contributed by atoms with Crippen LogP contribution < -0.4 is 9.64 Å². The summed E-state index contributed by atoms with van der Waals surface area (Å²) in [6, 6.07) is 14.2. The molecule has 1 aliphatic rings. The Labute approximate surface area is 129 Å². The van der Waals surface area contributed by atoms with Gasteiger partial charge in [-0.2, -0.15) is 0 Å². The van der Waals surface area contributed by atoms with Gasteiger partial charge in [0, 0.05) is 12.2 Å². The van der Waals surface area contributed by atoms with Gasteiger partial charge in [-0.15, -0.1) is 0 Å². The number of rotatable bonds is 4. The van der Waals surface area contributed by atoms with Crippen LogP contribution in [0.5, 0.6) is 5.75 Å². The Morgan fingerprint density at radius 1 is 1.14 bits per heavy atom. The maximum Gasteiger partial charge on any atom is 0.230 e. The second-order valence-electron chi connectivity index (χ2n) is 5.31. The van der Waals surface area contributed by atoms with Crippen molar-refractivity contribution in [1.82, 2.24) is 0 Å². The number of benzene rings is 2. The first-order valence-electron chi connectivity index (χ1n) is 7.51. The Bertz CT molecular complexity index is 672. The number of hydrogen-bond donors (Lipinski definition) is 0. The fraction of sp³-hybridized carbons (Fsp3) is 0.278. The third-order valence-corrected chi connectivity index (χ3v) is 3.82. The number of carbonyl (C=O) groups excluding carboxylic acids is 1. The monoisotopic (exact) mass is 299 g/mol. The lowest BCUT2D eigenvalue weighted by molar-refractivity contribution is -0.119. The number of anilines is 1. The lowest BCUT2D eigenvalue weighted by Gasteiger charge is -2.29. The van der Waals surface area contributed by atoms with E-state index in [-0.39, 0.29) is 24.7 Å². The number of halogens is 1. The van der Waals surface area contributed by atoms with E-state index in [0.29, 0.717) is 0 Å². The molecule has 0 aliphatic carbocycles. The summed E-state index contributed by atoms with van der Waals surface area (Å²) < 4.78 is 18.8. The number of hydrogen-bond acceptors (Lipinski definition) is 2. The zero-order valence-electron chi connectivity index (χ0n) is 12.3. The van der Waals surface area contributed by atoms with E-state index in [0.717, 1.165) is 25.1 Å². The van der Waals surface area contributed by atoms with E-state index in [1.54, 1.807) is 18.2 Å². The van der Waals surface area contributed by atoms with E-state index < -0.39 is 5.82 Å². The zero-order valence-corrected chi connectivity index (χ0v) is 12.3. The summed E-state index contributed by atoms with van der Waals surface area (Å²) in [4.78, 5) is 14.2. The molecule has 0 aromatic heterocycles. The molecular weight excluding hydrogens is 281 g/mol. The molecule has 0 radical (unpaired) electrons. The Hall–Kier alpha value is -2.36. The zero-order chi connectivity index (χ0) is 15.4. The van der Waals surface area contributed by atoms with Gasteiger partial charge in [0.05, 0.1) is 13.0 Å². The molecule has 3 rings (SSSR count). The van der Waals surface area contributed by atoms with E-state index in [1.165, 1.54) is 11.6 Å². The van der Waals surface area contributed by atoms with Crippen LogP contribution in [0.1, 0.15) is 18.4 Å². The molecule has 1 amide bonds. The maximum absolute atomic E-state index is 13.4. The summed E-state index contributed by atoms with van der Waals surface area (Å²) in [6.45, 7) is 0.911.